The molecule has 2 N–H and O–H groups in total. The summed E-state index contributed by atoms with van der Waals surface area (Å²) in [4.78, 5) is 12.6. The van der Waals surface area contributed by atoms with Crippen LogP contribution in [0.4, 0.5) is 0 Å². The van der Waals surface area contributed by atoms with E-state index >= 15 is 0 Å². The van der Waals surface area contributed by atoms with Crippen LogP contribution in [0.3, 0.4) is 0 Å². The molecule has 2 atom stereocenters. The quantitative estimate of drug-likeness (QED) is 0.829. The lowest BCUT2D eigenvalue weighted by atomic mass is 10.1. The standard InChI is InChI=1S/C15H26N4O2/c1-5-11(6-2)19-13(7-10(3)18-19)15(20)17-12-8-16-9-14(12)21-4/h7,11-12,14,16H,5-6,8-9H2,1-4H3,(H,17,20)/t12-,14+/m1/s1. The topological polar surface area (TPSA) is 68.2 Å². The van der Waals surface area contributed by atoms with Gasteiger partial charge in [-0.1, -0.05) is 13.8 Å². The lowest BCUT2D eigenvalue weighted by Crippen LogP contribution is -2.44. The maximum atomic E-state index is 12.6. The largest absolute Gasteiger partial charge is 0.378 e. The van der Waals surface area contributed by atoms with Gasteiger partial charge in [0.05, 0.1) is 23.9 Å². The van der Waals surface area contributed by atoms with Gasteiger partial charge in [-0.05, 0) is 25.8 Å². The fourth-order valence-electron chi connectivity index (χ4n) is 2.89. The first-order valence-corrected chi connectivity index (χ1v) is 7.71. The maximum Gasteiger partial charge on any atom is 0.269 e. The number of nitrogens with one attached hydrogen (secondary N) is 2. The third kappa shape index (κ3) is 3.44. The molecule has 118 valence electrons. The van der Waals surface area contributed by atoms with E-state index in [0.29, 0.717) is 5.69 Å². The van der Waals surface area contributed by atoms with Crippen LogP contribution in [-0.2, 0) is 4.74 Å². The first-order chi connectivity index (χ1) is 10.1. The summed E-state index contributed by atoms with van der Waals surface area (Å²) in [7, 11) is 1.68. The van der Waals surface area contributed by atoms with Crippen molar-refractivity contribution in [2.24, 2.45) is 0 Å². The molecule has 6 nitrogen and oxygen atoms in total. The first-order valence-electron chi connectivity index (χ1n) is 7.71. The van der Waals surface area contributed by atoms with Crippen LogP contribution in [-0.4, -0.2) is 48.0 Å². The second kappa shape index (κ2) is 7.04. The van der Waals surface area contributed by atoms with E-state index < -0.39 is 0 Å². The van der Waals surface area contributed by atoms with Gasteiger partial charge in [0.15, 0.2) is 0 Å². The summed E-state index contributed by atoms with van der Waals surface area (Å²) >= 11 is 0. The molecule has 1 fully saturated rings. The zero-order chi connectivity index (χ0) is 15.4. The van der Waals surface area contributed by atoms with Crippen LogP contribution in [0, 0.1) is 6.92 Å². The Labute approximate surface area is 126 Å². The van der Waals surface area contributed by atoms with Crippen molar-refractivity contribution in [3.8, 4) is 0 Å². The molecular weight excluding hydrogens is 268 g/mol. The summed E-state index contributed by atoms with van der Waals surface area (Å²) in [5.41, 5.74) is 1.52. The van der Waals surface area contributed by atoms with Crippen molar-refractivity contribution in [2.45, 2.75) is 51.8 Å². The van der Waals surface area contributed by atoms with Crippen LogP contribution in [0.25, 0.3) is 0 Å². The molecule has 0 spiro atoms. The van der Waals surface area contributed by atoms with Gasteiger partial charge in [-0.25, -0.2) is 0 Å². The number of aromatic nitrogens is 2. The molecular formula is C15H26N4O2. The summed E-state index contributed by atoms with van der Waals surface area (Å²) in [6.07, 6.45) is 1.95. The fourth-order valence-corrected chi connectivity index (χ4v) is 2.89. The molecule has 0 aromatic carbocycles. The third-order valence-corrected chi connectivity index (χ3v) is 4.16. The molecule has 0 radical (unpaired) electrons. The zero-order valence-corrected chi connectivity index (χ0v) is 13.3. The summed E-state index contributed by atoms with van der Waals surface area (Å²) in [6, 6.07) is 2.13. The molecule has 0 aliphatic carbocycles. The summed E-state index contributed by atoms with van der Waals surface area (Å²) in [6.45, 7) is 7.67. The van der Waals surface area contributed by atoms with Gasteiger partial charge in [-0.15, -0.1) is 0 Å². The third-order valence-electron chi connectivity index (χ3n) is 4.16. The van der Waals surface area contributed by atoms with Gasteiger partial charge in [-0.3, -0.25) is 9.48 Å². The number of nitrogens with zero attached hydrogens (tertiary/aromatic N) is 2. The summed E-state index contributed by atoms with van der Waals surface area (Å²) in [5, 5.41) is 10.8. The van der Waals surface area contributed by atoms with E-state index in [0.717, 1.165) is 31.6 Å². The molecule has 0 unspecified atom stereocenters. The Hall–Kier alpha value is -1.40. The van der Waals surface area contributed by atoms with Gasteiger partial charge in [0.1, 0.15) is 5.69 Å². The normalized spacial score (nSPS) is 22.0. The summed E-state index contributed by atoms with van der Waals surface area (Å²) < 4.78 is 7.26. The van der Waals surface area contributed by atoms with Crippen molar-refractivity contribution in [2.75, 3.05) is 20.2 Å². The summed E-state index contributed by atoms with van der Waals surface area (Å²) in [5.74, 6) is -0.0711. The molecule has 1 amide bonds. The van der Waals surface area contributed by atoms with E-state index in [1.54, 1.807) is 7.11 Å². The fraction of sp³-hybridized carbons (Fsp3) is 0.733. The molecule has 0 saturated carbocycles. The molecule has 1 aromatic heterocycles. The molecule has 2 heterocycles. The SMILES string of the molecule is CCC(CC)n1nc(C)cc1C(=O)N[C@@H]1CNC[C@@H]1OC. The van der Waals surface area contributed by atoms with Crippen LogP contribution in [0.5, 0.6) is 0 Å². The predicted octanol–water partition coefficient (Wildman–Crippen LogP) is 1.27. The molecule has 2 rings (SSSR count). The van der Waals surface area contributed by atoms with E-state index in [4.69, 9.17) is 4.74 Å². The van der Waals surface area contributed by atoms with E-state index in [1.807, 2.05) is 17.7 Å². The number of ether oxygens (including phenoxy) is 1. The van der Waals surface area contributed by atoms with E-state index in [9.17, 15) is 4.79 Å². The smallest absolute Gasteiger partial charge is 0.269 e. The van der Waals surface area contributed by atoms with Gasteiger partial charge in [0.2, 0.25) is 0 Å². The monoisotopic (exact) mass is 294 g/mol. The van der Waals surface area contributed by atoms with Crippen molar-refractivity contribution < 1.29 is 9.53 Å². The van der Waals surface area contributed by atoms with Crippen molar-refractivity contribution in [3.05, 3.63) is 17.5 Å². The molecule has 21 heavy (non-hydrogen) atoms. The Bertz CT molecular complexity index is 482. The number of aryl methyl sites for hydroxylation is 1. The van der Waals surface area contributed by atoms with Crippen LogP contribution >= 0.6 is 0 Å². The first kappa shape index (κ1) is 16.0. The minimum absolute atomic E-state index is 0.00728. The molecule has 1 aliphatic heterocycles. The van der Waals surface area contributed by atoms with Gasteiger partial charge in [0, 0.05) is 20.2 Å². The zero-order valence-electron chi connectivity index (χ0n) is 13.3. The number of hydrogen-bond donors (Lipinski definition) is 2. The maximum absolute atomic E-state index is 12.6. The van der Waals surface area contributed by atoms with Crippen molar-refractivity contribution in [1.82, 2.24) is 20.4 Å². The number of hydrogen-bond acceptors (Lipinski definition) is 4. The van der Waals surface area contributed by atoms with Crippen molar-refractivity contribution in [3.63, 3.8) is 0 Å². The Morgan fingerprint density at radius 2 is 2.24 bits per heavy atom. The Morgan fingerprint density at radius 1 is 1.52 bits per heavy atom. The molecule has 1 aromatic rings. The molecule has 1 aliphatic rings. The van der Waals surface area contributed by atoms with Gasteiger partial charge in [0.25, 0.3) is 5.91 Å². The van der Waals surface area contributed by atoms with Crippen LogP contribution in [0.15, 0.2) is 6.07 Å². The van der Waals surface area contributed by atoms with Crippen molar-refractivity contribution >= 4 is 5.91 Å². The minimum atomic E-state index is -0.0711. The van der Waals surface area contributed by atoms with E-state index in [1.165, 1.54) is 0 Å². The molecule has 6 heteroatoms. The number of carbonyl (C=O) groups excluding carboxylic acids is 1. The van der Waals surface area contributed by atoms with Gasteiger partial charge >= 0.3 is 0 Å². The lowest BCUT2D eigenvalue weighted by molar-refractivity contribution is 0.0770. The van der Waals surface area contributed by atoms with E-state index in [-0.39, 0.29) is 24.1 Å². The number of methoxy groups -OCH3 is 1. The number of amides is 1. The number of carbonyl (C=O) groups is 1. The lowest BCUT2D eigenvalue weighted by Gasteiger charge is -2.20. The number of rotatable bonds is 6. The van der Waals surface area contributed by atoms with Crippen molar-refractivity contribution in [1.29, 1.82) is 0 Å². The van der Waals surface area contributed by atoms with Crippen LogP contribution < -0.4 is 10.6 Å². The Balaban J connectivity index is 2.15. The highest BCUT2D eigenvalue weighted by atomic mass is 16.5. The average Bonchev–Trinajstić information content (AvgIpc) is 3.07. The average molecular weight is 294 g/mol. The van der Waals surface area contributed by atoms with E-state index in [2.05, 4.69) is 29.6 Å². The minimum Gasteiger partial charge on any atom is -0.378 e. The van der Waals surface area contributed by atoms with Gasteiger partial charge in [-0.2, -0.15) is 5.10 Å². The molecule has 0 bridgehead atoms. The highest BCUT2D eigenvalue weighted by Gasteiger charge is 2.29. The second-order valence-corrected chi connectivity index (χ2v) is 5.60. The Morgan fingerprint density at radius 3 is 2.86 bits per heavy atom. The molecule has 1 saturated heterocycles. The highest BCUT2D eigenvalue weighted by molar-refractivity contribution is 5.93. The van der Waals surface area contributed by atoms with Crippen LogP contribution in [0.1, 0.15) is 48.9 Å². The Kier molecular flexibility index (Phi) is 5.36. The predicted molar refractivity (Wildman–Crippen MR) is 81.5 cm³/mol. The van der Waals surface area contributed by atoms with Gasteiger partial charge < -0.3 is 15.4 Å². The second-order valence-electron chi connectivity index (χ2n) is 5.60. The van der Waals surface area contributed by atoms with Crippen LogP contribution in [0.2, 0.25) is 0 Å². The highest BCUT2D eigenvalue weighted by Crippen LogP contribution is 2.18.